The minimum Gasteiger partial charge on any atom is -0.443 e. The van der Waals surface area contributed by atoms with Gasteiger partial charge < -0.3 is 14.6 Å². The van der Waals surface area contributed by atoms with Gasteiger partial charge in [-0.25, -0.2) is 18.7 Å². The fraction of sp³-hybridized carbons (Fsp3) is 0.350. The average molecular weight is 386 g/mol. The molecule has 1 N–H and O–H groups in total. The Labute approximate surface area is 160 Å². The maximum absolute atomic E-state index is 13.8. The van der Waals surface area contributed by atoms with Gasteiger partial charge in [-0.2, -0.15) is 0 Å². The van der Waals surface area contributed by atoms with Crippen molar-refractivity contribution in [2.75, 3.05) is 23.3 Å². The molecule has 1 aromatic carbocycles. The SMILES string of the molecule is Cc1oc2ncnc(N3CCCC(C(=O)Nc4cc(F)ccc4F)C3)c2c1C. The molecule has 1 saturated heterocycles. The lowest BCUT2D eigenvalue weighted by atomic mass is 9.96. The number of fused-ring (bicyclic) bond motifs is 1. The van der Waals surface area contributed by atoms with Crippen LogP contribution in [0.3, 0.4) is 0 Å². The van der Waals surface area contributed by atoms with Crippen LogP contribution >= 0.6 is 0 Å². The largest absolute Gasteiger partial charge is 0.443 e. The molecule has 4 rings (SSSR count). The Morgan fingerprint density at radius 2 is 2.11 bits per heavy atom. The standard InChI is InChI=1S/C20H20F2N4O2/c1-11-12(2)28-20-17(11)18(23-10-24-20)26-7-3-4-13(9-26)19(27)25-16-8-14(21)5-6-15(16)22/h5-6,8,10,13H,3-4,7,9H2,1-2H3,(H,25,27). The van der Waals surface area contributed by atoms with Gasteiger partial charge in [0.05, 0.1) is 17.0 Å². The summed E-state index contributed by atoms with van der Waals surface area (Å²) in [6.45, 7) is 5.00. The Balaban J connectivity index is 1.57. The zero-order valence-corrected chi connectivity index (χ0v) is 15.6. The van der Waals surface area contributed by atoms with Crippen molar-refractivity contribution in [2.24, 2.45) is 5.92 Å². The first-order chi connectivity index (χ1) is 13.4. The number of nitrogens with zero attached hydrogens (tertiary/aromatic N) is 3. The highest BCUT2D eigenvalue weighted by atomic mass is 19.1. The molecule has 0 spiro atoms. The van der Waals surface area contributed by atoms with E-state index in [1.54, 1.807) is 0 Å². The predicted octanol–water partition coefficient (Wildman–Crippen LogP) is 3.97. The Bertz CT molecular complexity index is 1050. The van der Waals surface area contributed by atoms with E-state index in [-0.39, 0.29) is 17.5 Å². The number of nitrogens with one attached hydrogen (secondary N) is 1. The van der Waals surface area contributed by atoms with Crippen molar-refractivity contribution >= 4 is 28.5 Å². The molecule has 1 amide bonds. The summed E-state index contributed by atoms with van der Waals surface area (Å²) in [5.41, 5.74) is 1.35. The van der Waals surface area contributed by atoms with Crippen LogP contribution in [0.4, 0.5) is 20.3 Å². The molecule has 28 heavy (non-hydrogen) atoms. The second-order valence-corrected chi connectivity index (χ2v) is 7.06. The third-order valence-corrected chi connectivity index (χ3v) is 5.22. The number of halogens is 2. The minimum absolute atomic E-state index is 0.146. The maximum atomic E-state index is 13.8. The van der Waals surface area contributed by atoms with Crippen LogP contribution in [0, 0.1) is 31.4 Å². The lowest BCUT2D eigenvalue weighted by Crippen LogP contribution is -2.41. The number of carbonyl (C=O) groups excluding carboxylic acids is 1. The summed E-state index contributed by atoms with van der Waals surface area (Å²) < 4.78 is 32.9. The summed E-state index contributed by atoms with van der Waals surface area (Å²) in [5.74, 6) is -0.451. The van der Waals surface area contributed by atoms with Gasteiger partial charge in [0.15, 0.2) is 0 Å². The molecule has 1 aliphatic heterocycles. The number of carbonyl (C=O) groups is 1. The van der Waals surface area contributed by atoms with Gasteiger partial charge in [-0.3, -0.25) is 4.79 Å². The molecule has 146 valence electrons. The molecule has 0 aliphatic carbocycles. The van der Waals surface area contributed by atoms with Crippen LogP contribution < -0.4 is 10.2 Å². The van der Waals surface area contributed by atoms with E-state index in [9.17, 15) is 13.6 Å². The van der Waals surface area contributed by atoms with Crippen LogP contribution in [0.1, 0.15) is 24.2 Å². The highest BCUT2D eigenvalue weighted by Gasteiger charge is 2.29. The van der Waals surface area contributed by atoms with Gasteiger partial charge in [0.1, 0.15) is 29.5 Å². The number of aromatic nitrogens is 2. The normalized spacial score (nSPS) is 17.1. The Morgan fingerprint density at radius 3 is 2.93 bits per heavy atom. The summed E-state index contributed by atoms with van der Waals surface area (Å²) in [6.07, 6.45) is 2.90. The molecule has 1 aliphatic rings. The second-order valence-electron chi connectivity index (χ2n) is 7.06. The Kier molecular flexibility index (Phi) is 4.70. The van der Waals surface area contributed by atoms with E-state index in [1.165, 1.54) is 6.33 Å². The predicted molar refractivity (Wildman–Crippen MR) is 101 cm³/mol. The number of aryl methyl sites for hydroxylation is 2. The summed E-state index contributed by atoms with van der Waals surface area (Å²) in [5, 5.41) is 3.36. The van der Waals surface area contributed by atoms with Gasteiger partial charge in [0.2, 0.25) is 11.6 Å². The van der Waals surface area contributed by atoms with E-state index < -0.39 is 11.6 Å². The van der Waals surface area contributed by atoms with E-state index in [0.29, 0.717) is 18.7 Å². The van der Waals surface area contributed by atoms with Crippen LogP contribution in [0.15, 0.2) is 28.9 Å². The first-order valence-corrected chi connectivity index (χ1v) is 9.15. The second kappa shape index (κ2) is 7.18. The lowest BCUT2D eigenvalue weighted by Gasteiger charge is -2.33. The number of hydrogen-bond acceptors (Lipinski definition) is 5. The first kappa shape index (κ1) is 18.3. The van der Waals surface area contributed by atoms with Crippen molar-refractivity contribution in [1.82, 2.24) is 9.97 Å². The van der Waals surface area contributed by atoms with Gasteiger partial charge in [-0.15, -0.1) is 0 Å². The van der Waals surface area contributed by atoms with Crippen LogP contribution in [-0.2, 0) is 4.79 Å². The van der Waals surface area contributed by atoms with Gasteiger partial charge in [-0.05, 0) is 38.8 Å². The Morgan fingerprint density at radius 1 is 1.29 bits per heavy atom. The van der Waals surface area contributed by atoms with Crippen molar-refractivity contribution in [1.29, 1.82) is 0 Å². The van der Waals surface area contributed by atoms with E-state index in [4.69, 9.17) is 4.42 Å². The molecule has 6 nitrogen and oxygen atoms in total. The fourth-order valence-corrected chi connectivity index (χ4v) is 3.62. The molecule has 2 aromatic heterocycles. The number of rotatable bonds is 3. The van der Waals surface area contributed by atoms with Gasteiger partial charge in [-0.1, -0.05) is 0 Å². The van der Waals surface area contributed by atoms with Crippen molar-refractivity contribution in [3.05, 3.63) is 47.5 Å². The zero-order chi connectivity index (χ0) is 19.8. The molecule has 3 heterocycles. The number of hydrogen-bond donors (Lipinski definition) is 1. The molecule has 1 fully saturated rings. The van der Waals surface area contributed by atoms with Crippen LogP contribution in [-0.4, -0.2) is 29.0 Å². The average Bonchev–Trinajstić information content (AvgIpc) is 2.99. The molecule has 3 aromatic rings. The highest BCUT2D eigenvalue weighted by Crippen LogP contribution is 2.33. The van der Waals surface area contributed by atoms with Crippen LogP contribution in [0.2, 0.25) is 0 Å². The number of piperidine rings is 1. The van der Waals surface area contributed by atoms with Crippen molar-refractivity contribution in [2.45, 2.75) is 26.7 Å². The molecule has 0 radical (unpaired) electrons. The summed E-state index contributed by atoms with van der Waals surface area (Å²) in [4.78, 5) is 23.3. The van der Waals surface area contributed by atoms with Crippen LogP contribution in [0.25, 0.3) is 11.1 Å². The van der Waals surface area contributed by atoms with Gasteiger partial charge in [0.25, 0.3) is 0 Å². The smallest absolute Gasteiger partial charge is 0.231 e. The van der Waals surface area contributed by atoms with Crippen molar-refractivity contribution in [3.63, 3.8) is 0 Å². The molecule has 8 heteroatoms. The molecule has 1 atom stereocenters. The van der Waals surface area contributed by atoms with Gasteiger partial charge >= 0.3 is 0 Å². The van der Waals surface area contributed by atoms with Crippen molar-refractivity contribution in [3.8, 4) is 0 Å². The monoisotopic (exact) mass is 386 g/mol. The number of anilines is 2. The molecular weight excluding hydrogens is 366 g/mol. The minimum atomic E-state index is -0.663. The van der Waals surface area contributed by atoms with E-state index >= 15 is 0 Å². The van der Waals surface area contributed by atoms with E-state index in [2.05, 4.69) is 15.3 Å². The molecule has 1 unspecified atom stereocenters. The molecule has 0 saturated carbocycles. The fourth-order valence-electron chi connectivity index (χ4n) is 3.62. The van der Waals surface area contributed by atoms with Gasteiger partial charge in [0, 0.05) is 24.7 Å². The maximum Gasteiger partial charge on any atom is 0.231 e. The Hall–Kier alpha value is -3.03. The van der Waals surface area contributed by atoms with Crippen molar-refractivity contribution < 1.29 is 18.0 Å². The van der Waals surface area contributed by atoms with Crippen LogP contribution in [0.5, 0.6) is 0 Å². The summed E-state index contributed by atoms with van der Waals surface area (Å²) in [7, 11) is 0. The number of furan rings is 1. The van der Waals surface area contributed by atoms with E-state index in [1.807, 2.05) is 18.7 Å². The third kappa shape index (κ3) is 3.30. The number of benzene rings is 1. The summed E-state index contributed by atoms with van der Waals surface area (Å²) >= 11 is 0. The highest BCUT2D eigenvalue weighted by molar-refractivity contribution is 5.94. The zero-order valence-electron chi connectivity index (χ0n) is 15.6. The molecule has 0 bridgehead atoms. The third-order valence-electron chi connectivity index (χ3n) is 5.22. The lowest BCUT2D eigenvalue weighted by molar-refractivity contribution is -0.120. The topological polar surface area (TPSA) is 71.3 Å². The summed E-state index contributed by atoms with van der Waals surface area (Å²) in [6, 6.07) is 3.00. The first-order valence-electron chi connectivity index (χ1n) is 9.15. The quantitative estimate of drug-likeness (QED) is 0.737. The number of amides is 1. The molecular formula is C20H20F2N4O2. The van der Waals surface area contributed by atoms with E-state index in [0.717, 1.165) is 53.7 Å².